The number of nitrogens with zero attached hydrogens (tertiary/aromatic N) is 3. The van der Waals surface area contributed by atoms with Gasteiger partial charge in [0.05, 0.1) is 5.69 Å². The number of hydrogen-bond acceptors (Lipinski definition) is 6. The lowest BCUT2D eigenvalue weighted by atomic mass is 10.2. The van der Waals surface area contributed by atoms with Crippen molar-refractivity contribution >= 4 is 16.0 Å². The van der Waals surface area contributed by atoms with Crippen LogP contribution in [0.5, 0.6) is 0 Å². The molecule has 110 valence electrons. The molecule has 2 rings (SSSR count). The molecule has 0 unspecified atom stereocenters. The van der Waals surface area contributed by atoms with Crippen LogP contribution in [0.3, 0.4) is 0 Å². The Labute approximate surface area is 116 Å². The first-order valence-electron chi connectivity index (χ1n) is 6.14. The van der Waals surface area contributed by atoms with E-state index in [1.165, 1.54) is 25.5 Å². The number of aliphatic carboxylic acids is 1. The van der Waals surface area contributed by atoms with Crippen molar-refractivity contribution in [3.05, 3.63) is 24.3 Å². The lowest BCUT2D eigenvalue weighted by molar-refractivity contribution is -0.141. The maximum absolute atomic E-state index is 12.6. The van der Waals surface area contributed by atoms with Crippen LogP contribution in [0.15, 0.2) is 18.6 Å². The van der Waals surface area contributed by atoms with E-state index >= 15 is 0 Å². The molecule has 1 fully saturated rings. The summed E-state index contributed by atoms with van der Waals surface area (Å²) in [5.74, 6) is -1.16. The zero-order valence-corrected chi connectivity index (χ0v) is 11.7. The number of hydrogen-bond donors (Lipinski definition) is 2. The van der Waals surface area contributed by atoms with Gasteiger partial charge in [-0.15, -0.1) is 0 Å². The van der Waals surface area contributed by atoms with Gasteiger partial charge in [-0.3, -0.25) is 14.8 Å². The summed E-state index contributed by atoms with van der Waals surface area (Å²) in [6.07, 6.45) is 4.24. The molecule has 9 heteroatoms. The van der Waals surface area contributed by atoms with E-state index in [-0.39, 0.29) is 13.1 Å². The Kier molecular flexibility index (Phi) is 4.31. The summed E-state index contributed by atoms with van der Waals surface area (Å²) in [5.41, 5.74) is 0.301. The van der Waals surface area contributed by atoms with Gasteiger partial charge in [0.1, 0.15) is 11.3 Å². The quantitative estimate of drug-likeness (QED) is 0.750. The summed E-state index contributed by atoms with van der Waals surface area (Å²) >= 11 is 0. The fourth-order valence-corrected chi connectivity index (χ4v) is 3.78. The Bertz CT molecular complexity index is 577. The Hall–Kier alpha value is -1.58. The second kappa shape index (κ2) is 5.81. The lowest BCUT2D eigenvalue weighted by Crippen LogP contribution is -2.57. The molecular formula is C11H16N4O4S. The molecule has 20 heavy (non-hydrogen) atoms. The van der Waals surface area contributed by atoms with Gasteiger partial charge in [-0.05, 0) is 6.92 Å². The highest BCUT2D eigenvalue weighted by Gasteiger charge is 2.40. The monoisotopic (exact) mass is 300 g/mol. The molecule has 0 radical (unpaired) electrons. The van der Waals surface area contributed by atoms with Crippen LogP contribution < -0.4 is 5.32 Å². The van der Waals surface area contributed by atoms with E-state index in [0.717, 1.165) is 4.31 Å². The van der Waals surface area contributed by atoms with Crippen LogP contribution in [-0.4, -0.2) is 59.4 Å². The van der Waals surface area contributed by atoms with Crippen molar-refractivity contribution in [1.29, 1.82) is 0 Å². The van der Waals surface area contributed by atoms with Crippen LogP contribution in [0.25, 0.3) is 0 Å². The maximum Gasteiger partial charge on any atom is 0.323 e. The third kappa shape index (κ3) is 2.79. The van der Waals surface area contributed by atoms with Crippen molar-refractivity contribution in [3.8, 4) is 0 Å². The molecule has 0 spiro atoms. The molecule has 2 heterocycles. The van der Waals surface area contributed by atoms with Gasteiger partial charge in [0, 0.05) is 38.2 Å². The average molecular weight is 300 g/mol. The molecule has 0 bridgehead atoms. The second-order valence-corrected chi connectivity index (χ2v) is 6.69. The van der Waals surface area contributed by atoms with E-state index < -0.39 is 27.3 Å². The third-order valence-electron chi connectivity index (χ3n) is 3.25. The first-order valence-corrected chi connectivity index (χ1v) is 7.65. The highest BCUT2D eigenvalue weighted by atomic mass is 32.2. The highest BCUT2D eigenvalue weighted by Crippen LogP contribution is 2.25. The zero-order chi connectivity index (χ0) is 14.8. The molecule has 8 nitrogen and oxygen atoms in total. The van der Waals surface area contributed by atoms with E-state index in [9.17, 15) is 13.2 Å². The Balaban J connectivity index is 2.31. The molecule has 0 aromatic carbocycles. The first kappa shape index (κ1) is 14.8. The molecule has 1 saturated heterocycles. The maximum atomic E-state index is 12.6. The van der Waals surface area contributed by atoms with Gasteiger partial charge in [-0.2, -0.15) is 4.31 Å². The van der Waals surface area contributed by atoms with Gasteiger partial charge in [0.15, 0.2) is 0 Å². The highest BCUT2D eigenvalue weighted by molar-refractivity contribution is 7.89. The number of carboxylic acid groups (broad SMARTS) is 1. The smallest absolute Gasteiger partial charge is 0.323 e. The van der Waals surface area contributed by atoms with E-state index in [1.807, 2.05) is 0 Å². The van der Waals surface area contributed by atoms with E-state index in [1.54, 1.807) is 0 Å². The standard InChI is InChI=1S/C11H16N4O4S/c1-8(9-6-12-2-3-14-9)20(18,19)15-5-4-13-7-10(15)11(16)17/h2-3,6,8,10,13H,4-5,7H2,1H3,(H,16,17)/t8-,10-/m1/s1. The van der Waals surface area contributed by atoms with Crippen molar-refractivity contribution < 1.29 is 18.3 Å². The van der Waals surface area contributed by atoms with Crippen LogP contribution in [0, 0.1) is 0 Å². The van der Waals surface area contributed by atoms with Crippen LogP contribution in [0.1, 0.15) is 17.9 Å². The van der Waals surface area contributed by atoms with Crippen molar-refractivity contribution in [1.82, 2.24) is 19.6 Å². The SMILES string of the molecule is C[C@H](c1cnccn1)S(=O)(=O)N1CCNC[C@@H]1C(=O)O. The van der Waals surface area contributed by atoms with E-state index in [4.69, 9.17) is 5.11 Å². The minimum atomic E-state index is -3.80. The van der Waals surface area contributed by atoms with Crippen molar-refractivity contribution in [2.24, 2.45) is 0 Å². The van der Waals surface area contributed by atoms with Crippen LogP contribution in [0.2, 0.25) is 0 Å². The van der Waals surface area contributed by atoms with Crippen molar-refractivity contribution in [2.45, 2.75) is 18.2 Å². The number of aromatic nitrogens is 2. The molecule has 1 aromatic heterocycles. The van der Waals surface area contributed by atoms with Crippen LogP contribution in [0.4, 0.5) is 0 Å². The Morgan fingerprint density at radius 1 is 1.55 bits per heavy atom. The minimum Gasteiger partial charge on any atom is -0.480 e. The zero-order valence-electron chi connectivity index (χ0n) is 10.9. The number of rotatable bonds is 4. The lowest BCUT2D eigenvalue weighted by Gasteiger charge is -2.34. The Morgan fingerprint density at radius 3 is 2.90 bits per heavy atom. The number of piperazine rings is 1. The summed E-state index contributed by atoms with van der Waals surface area (Å²) in [6, 6.07) is -1.09. The molecule has 0 amide bonds. The summed E-state index contributed by atoms with van der Waals surface area (Å²) in [6.45, 7) is 2.14. The predicted molar refractivity (Wildman–Crippen MR) is 70.4 cm³/mol. The molecule has 0 saturated carbocycles. The van der Waals surface area contributed by atoms with Gasteiger partial charge >= 0.3 is 5.97 Å². The predicted octanol–water partition coefficient (Wildman–Crippen LogP) is -0.774. The summed E-state index contributed by atoms with van der Waals surface area (Å²) in [5, 5.41) is 11.1. The largest absolute Gasteiger partial charge is 0.480 e. The van der Waals surface area contributed by atoms with Crippen LogP contribution in [-0.2, 0) is 14.8 Å². The second-order valence-electron chi connectivity index (χ2n) is 4.49. The number of carbonyl (C=O) groups is 1. The minimum absolute atomic E-state index is 0.0990. The van der Waals surface area contributed by atoms with Crippen molar-refractivity contribution in [2.75, 3.05) is 19.6 Å². The summed E-state index contributed by atoms with van der Waals surface area (Å²) in [4.78, 5) is 19.0. The van der Waals surface area contributed by atoms with Gasteiger partial charge in [0.25, 0.3) is 0 Å². The van der Waals surface area contributed by atoms with Gasteiger partial charge in [-0.1, -0.05) is 0 Å². The van der Waals surface area contributed by atoms with Crippen molar-refractivity contribution in [3.63, 3.8) is 0 Å². The molecule has 2 N–H and O–H groups in total. The normalized spacial score (nSPS) is 22.4. The molecular weight excluding hydrogens is 284 g/mol. The topological polar surface area (TPSA) is 112 Å². The van der Waals surface area contributed by atoms with E-state index in [2.05, 4.69) is 15.3 Å². The fourth-order valence-electron chi connectivity index (χ4n) is 2.08. The molecule has 2 atom stereocenters. The van der Waals surface area contributed by atoms with Gasteiger partial charge in [0.2, 0.25) is 10.0 Å². The Morgan fingerprint density at radius 2 is 2.30 bits per heavy atom. The molecule has 1 aromatic rings. The van der Waals surface area contributed by atoms with Gasteiger partial charge in [-0.25, -0.2) is 8.42 Å². The summed E-state index contributed by atoms with van der Waals surface area (Å²) in [7, 11) is -3.80. The average Bonchev–Trinajstić information content (AvgIpc) is 2.47. The number of sulfonamides is 1. The van der Waals surface area contributed by atoms with E-state index in [0.29, 0.717) is 12.2 Å². The molecule has 1 aliphatic rings. The van der Waals surface area contributed by atoms with Crippen LogP contribution >= 0.6 is 0 Å². The number of carboxylic acids is 1. The molecule has 0 aliphatic carbocycles. The third-order valence-corrected chi connectivity index (χ3v) is 5.48. The number of nitrogens with one attached hydrogen (secondary N) is 1. The van der Waals surface area contributed by atoms with Gasteiger partial charge < -0.3 is 10.4 Å². The molecule has 1 aliphatic heterocycles. The first-order chi connectivity index (χ1) is 9.44. The fraction of sp³-hybridized carbons (Fsp3) is 0.545. The summed E-state index contributed by atoms with van der Waals surface area (Å²) < 4.78 is 26.2.